The Bertz CT molecular complexity index is 613. The summed E-state index contributed by atoms with van der Waals surface area (Å²) in [4.78, 5) is 12.1. The number of rotatable bonds is 3. The Morgan fingerprint density at radius 3 is 2.67 bits per heavy atom. The summed E-state index contributed by atoms with van der Waals surface area (Å²) in [6.45, 7) is 8.35. The molecule has 2 fully saturated rings. The molecule has 0 aliphatic heterocycles. The van der Waals surface area contributed by atoms with Gasteiger partial charge in [0.05, 0.1) is 11.2 Å². The molecule has 2 atom stereocenters. The van der Waals surface area contributed by atoms with Crippen molar-refractivity contribution in [1.29, 1.82) is 0 Å². The number of hydrogen-bond acceptors (Lipinski definition) is 4. The molecule has 24 heavy (non-hydrogen) atoms. The third-order valence-corrected chi connectivity index (χ3v) is 5.33. The van der Waals surface area contributed by atoms with Crippen LogP contribution in [0.5, 0.6) is 0 Å². The lowest BCUT2D eigenvalue weighted by molar-refractivity contribution is 0.0813. The van der Waals surface area contributed by atoms with E-state index in [1.807, 2.05) is 10.7 Å². The number of alkyl carbamates (subject to hydrolysis) is 1. The molecule has 6 nitrogen and oxygen atoms in total. The molecule has 1 aromatic heterocycles. The summed E-state index contributed by atoms with van der Waals surface area (Å²) in [6.07, 6.45) is 5.65. The maximum atomic E-state index is 12.1. The van der Waals surface area contributed by atoms with Crippen LogP contribution in [0.15, 0.2) is 6.07 Å². The molecule has 2 saturated carbocycles. The van der Waals surface area contributed by atoms with Crippen molar-refractivity contribution >= 4 is 11.9 Å². The normalized spacial score (nSPS) is 26.0. The molecule has 0 spiro atoms. The first-order chi connectivity index (χ1) is 11.2. The zero-order valence-corrected chi connectivity index (χ0v) is 15.3. The Morgan fingerprint density at radius 2 is 2.12 bits per heavy atom. The van der Waals surface area contributed by atoms with Crippen molar-refractivity contribution in [3.05, 3.63) is 11.8 Å². The molecule has 2 aliphatic carbocycles. The van der Waals surface area contributed by atoms with E-state index in [-0.39, 0.29) is 23.3 Å². The van der Waals surface area contributed by atoms with Gasteiger partial charge in [0.2, 0.25) is 0 Å². The number of nitrogens with one attached hydrogen (secondary N) is 1. The predicted molar refractivity (Wildman–Crippen MR) is 93.9 cm³/mol. The highest BCUT2D eigenvalue weighted by atomic mass is 16.6. The van der Waals surface area contributed by atoms with E-state index < -0.39 is 0 Å². The van der Waals surface area contributed by atoms with E-state index >= 15 is 0 Å². The molecule has 0 unspecified atom stereocenters. The van der Waals surface area contributed by atoms with Crippen LogP contribution in [0.25, 0.3) is 0 Å². The van der Waals surface area contributed by atoms with Gasteiger partial charge in [0.25, 0.3) is 0 Å². The highest BCUT2D eigenvalue weighted by molar-refractivity contribution is 5.68. The summed E-state index contributed by atoms with van der Waals surface area (Å²) in [5.74, 6) is 1.01. The van der Waals surface area contributed by atoms with E-state index in [2.05, 4.69) is 33.0 Å². The molecule has 0 saturated heterocycles. The van der Waals surface area contributed by atoms with Crippen molar-refractivity contribution < 1.29 is 9.53 Å². The number of nitrogens with zero attached hydrogens (tertiary/aromatic N) is 2. The number of nitrogen functional groups attached to an aromatic ring is 1. The van der Waals surface area contributed by atoms with Gasteiger partial charge in [-0.25, -0.2) is 9.48 Å². The number of aromatic nitrogens is 2. The van der Waals surface area contributed by atoms with Gasteiger partial charge in [-0.05, 0) is 66.2 Å². The number of anilines is 1. The number of ether oxygens (including phenoxy) is 1. The maximum absolute atomic E-state index is 12.1. The summed E-state index contributed by atoms with van der Waals surface area (Å²) in [5, 5.41) is 7.70. The lowest BCUT2D eigenvalue weighted by Gasteiger charge is -2.38. The van der Waals surface area contributed by atoms with E-state index in [0.29, 0.717) is 11.7 Å². The zero-order chi connectivity index (χ0) is 17.5. The first-order valence-corrected chi connectivity index (χ1v) is 9.01. The van der Waals surface area contributed by atoms with Crippen LogP contribution < -0.4 is 11.1 Å². The Morgan fingerprint density at radius 1 is 1.42 bits per heavy atom. The second-order valence-electron chi connectivity index (χ2n) is 8.65. The van der Waals surface area contributed by atoms with Gasteiger partial charge in [0, 0.05) is 17.5 Å². The van der Waals surface area contributed by atoms with Gasteiger partial charge in [-0.3, -0.25) is 0 Å². The molecular weight excluding hydrogens is 304 g/mol. The van der Waals surface area contributed by atoms with Gasteiger partial charge >= 0.3 is 6.09 Å². The highest BCUT2D eigenvalue weighted by Crippen LogP contribution is 2.37. The van der Waals surface area contributed by atoms with E-state index in [0.717, 1.165) is 37.8 Å². The highest BCUT2D eigenvalue weighted by Gasteiger charge is 2.36. The molecule has 1 aromatic rings. The van der Waals surface area contributed by atoms with E-state index in [1.165, 1.54) is 6.42 Å². The van der Waals surface area contributed by atoms with Gasteiger partial charge in [0.1, 0.15) is 11.9 Å². The molecule has 0 aromatic carbocycles. The van der Waals surface area contributed by atoms with Crippen LogP contribution >= 0.6 is 0 Å². The van der Waals surface area contributed by atoms with E-state index in [9.17, 15) is 4.79 Å². The van der Waals surface area contributed by atoms with Crippen LogP contribution in [-0.4, -0.2) is 27.5 Å². The van der Waals surface area contributed by atoms with Gasteiger partial charge in [0.15, 0.2) is 0 Å². The minimum Gasteiger partial charge on any atom is -0.446 e. The van der Waals surface area contributed by atoms with Crippen molar-refractivity contribution in [2.75, 3.05) is 5.73 Å². The smallest absolute Gasteiger partial charge is 0.407 e. The SMILES string of the molecule is CC1(NC(=O)O[C@@H]2CC[C@H](c3cc(N)n(C(C)(C)C)n3)C2)CCC1. The Labute approximate surface area is 144 Å². The summed E-state index contributed by atoms with van der Waals surface area (Å²) in [7, 11) is 0. The number of hydrogen-bond donors (Lipinski definition) is 2. The maximum Gasteiger partial charge on any atom is 0.407 e. The molecule has 1 amide bonds. The third kappa shape index (κ3) is 3.52. The van der Waals surface area contributed by atoms with Gasteiger partial charge in [-0.1, -0.05) is 0 Å². The Kier molecular flexibility index (Phi) is 4.26. The number of carbonyl (C=O) groups is 1. The van der Waals surface area contributed by atoms with Crippen LogP contribution in [0.4, 0.5) is 10.6 Å². The topological polar surface area (TPSA) is 82.2 Å². The number of carbonyl (C=O) groups excluding carboxylic acids is 1. The largest absolute Gasteiger partial charge is 0.446 e. The van der Waals surface area contributed by atoms with Crippen molar-refractivity contribution in [2.24, 2.45) is 0 Å². The van der Waals surface area contributed by atoms with Crippen LogP contribution in [0, 0.1) is 0 Å². The number of amides is 1. The fourth-order valence-corrected chi connectivity index (χ4v) is 3.73. The van der Waals surface area contributed by atoms with Gasteiger partial charge < -0.3 is 15.8 Å². The van der Waals surface area contributed by atoms with E-state index in [1.54, 1.807) is 0 Å². The summed E-state index contributed by atoms with van der Waals surface area (Å²) >= 11 is 0. The first-order valence-electron chi connectivity index (χ1n) is 9.01. The summed E-state index contributed by atoms with van der Waals surface area (Å²) < 4.78 is 7.50. The average Bonchev–Trinajstić information content (AvgIpc) is 3.02. The van der Waals surface area contributed by atoms with Gasteiger partial charge in [-0.2, -0.15) is 5.10 Å². The fraction of sp³-hybridized carbons (Fsp3) is 0.778. The monoisotopic (exact) mass is 334 g/mol. The summed E-state index contributed by atoms with van der Waals surface area (Å²) in [6, 6.07) is 1.97. The zero-order valence-electron chi connectivity index (χ0n) is 15.3. The molecular formula is C18H30N4O2. The van der Waals surface area contributed by atoms with Crippen molar-refractivity contribution in [1.82, 2.24) is 15.1 Å². The average molecular weight is 334 g/mol. The summed E-state index contributed by atoms with van der Waals surface area (Å²) in [5.41, 5.74) is 6.93. The van der Waals surface area contributed by atoms with Crippen LogP contribution in [0.1, 0.15) is 77.8 Å². The fourth-order valence-electron chi connectivity index (χ4n) is 3.73. The molecule has 134 valence electrons. The molecule has 3 N–H and O–H groups in total. The van der Waals surface area contributed by atoms with Crippen LogP contribution in [0.3, 0.4) is 0 Å². The van der Waals surface area contributed by atoms with Crippen molar-refractivity contribution in [2.45, 2.75) is 89.3 Å². The minimum absolute atomic E-state index is 0.0281. The molecule has 0 bridgehead atoms. The molecule has 0 radical (unpaired) electrons. The quantitative estimate of drug-likeness (QED) is 0.886. The Balaban J connectivity index is 1.56. The lowest BCUT2D eigenvalue weighted by atomic mass is 9.79. The third-order valence-electron chi connectivity index (χ3n) is 5.33. The van der Waals surface area contributed by atoms with Crippen LogP contribution in [0.2, 0.25) is 0 Å². The minimum atomic E-state index is -0.275. The molecule has 1 heterocycles. The lowest BCUT2D eigenvalue weighted by Crippen LogP contribution is -2.51. The van der Waals surface area contributed by atoms with Crippen molar-refractivity contribution in [3.63, 3.8) is 0 Å². The number of nitrogens with two attached hydrogens (primary N) is 1. The Hall–Kier alpha value is -1.72. The second kappa shape index (κ2) is 5.97. The van der Waals surface area contributed by atoms with Crippen LogP contribution in [-0.2, 0) is 10.3 Å². The molecule has 2 aliphatic rings. The van der Waals surface area contributed by atoms with Crippen molar-refractivity contribution in [3.8, 4) is 0 Å². The molecule has 6 heteroatoms. The van der Waals surface area contributed by atoms with E-state index in [4.69, 9.17) is 15.6 Å². The standard InChI is InChI=1S/C18H30N4O2/c1-17(2,3)22-15(19)11-14(21-22)12-6-7-13(10-12)24-16(23)20-18(4)8-5-9-18/h11-13H,5-10,19H2,1-4H3,(H,20,23)/t12-,13+/m0/s1. The second-order valence-corrected chi connectivity index (χ2v) is 8.65. The predicted octanol–water partition coefficient (Wildman–Crippen LogP) is 3.53. The molecule has 3 rings (SSSR count). The first kappa shape index (κ1) is 17.1. The van der Waals surface area contributed by atoms with Gasteiger partial charge in [-0.15, -0.1) is 0 Å².